The molecule has 1 aromatic heterocycles. The molecule has 0 spiro atoms. The highest BCUT2D eigenvalue weighted by molar-refractivity contribution is 5.82. The number of likely N-dealkylation sites (tertiary alicyclic amines) is 1. The largest absolute Gasteiger partial charge is 0.396 e. The van der Waals surface area contributed by atoms with Crippen LogP contribution >= 0.6 is 0 Å². The molecule has 1 amide bonds. The lowest BCUT2D eigenvalue weighted by Crippen LogP contribution is -2.24. The van der Waals surface area contributed by atoms with E-state index in [1.807, 2.05) is 0 Å². The number of nitrogens with two attached hydrogens (primary N) is 1. The van der Waals surface area contributed by atoms with Crippen LogP contribution in [0.5, 0.6) is 0 Å². The molecule has 1 aliphatic heterocycles. The lowest BCUT2D eigenvalue weighted by molar-refractivity contribution is -0.129. The third-order valence-corrected chi connectivity index (χ3v) is 2.34. The van der Waals surface area contributed by atoms with E-state index < -0.39 is 0 Å². The van der Waals surface area contributed by atoms with Crippen molar-refractivity contribution in [2.24, 2.45) is 0 Å². The lowest BCUT2D eigenvalue weighted by Gasteiger charge is -2.09. The molecule has 70 valence electrons. The van der Waals surface area contributed by atoms with Crippen molar-refractivity contribution in [1.82, 2.24) is 14.7 Å². The maximum Gasteiger partial charge on any atom is 0.247 e. The Balaban J connectivity index is 2.23. The molecule has 0 radical (unpaired) electrons. The lowest BCUT2D eigenvalue weighted by atomic mass is 10.2. The molecule has 0 bridgehead atoms. The van der Waals surface area contributed by atoms with E-state index in [0.29, 0.717) is 5.69 Å². The minimum atomic E-state index is -0.151. The number of rotatable bonds is 1. The summed E-state index contributed by atoms with van der Waals surface area (Å²) in [5, 5.41) is 4.03. The van der Waals surface area contributed by atoms with Gasteiger partial charge in [0.25, 0.3) is 0 Å². The second-order valence-electron chi connectivity index (χ2n) is 3.32. The Kier molecular flexibility index (Phi) is 1.72. The van der Waals surface area contributed by atoms with E-state index in [0.717, 1.165) is 13.0 Å². The molecule has 0 aromatic carbocycles. The number of carbonyl (C=O) groups excluding carboxylic acids is 1. The van der Waals surface area contributed by atoms with E-state index in [1.165, 1.54) is 0 Å². The summed E-state index contributed by atoms with van der Waals surface area (Å²) in [6.07, 6.45) is 4.07. The van der Waals surface area contributed by atoms with Crippen molar-refractivity contribution in [3.63, 3.8) is 0 Å². The Hall–Kier alpha value is -1.52. The summed E-state index contributed by atoms with van der Waals surface area (Å²) < 4.78 is 1.64. The molecule has 1 saturated heterocycles. The number of hydrogen-bond donors (Lipinski definition) is 1. The molecule has 1 unspecified atom stereocenters. The minimum Gasteiger partial charge on any atom is -0.396 e. The first-order valence-electron chi connectivity index (χ1n) is 4.23. The SMILES string of the molecule is CN1CCC(n2cc(N)cn2)C1=O. The summed E-state index contributed by atoms with van der Waals surface area (Å²) in [6, 6.07) is -0.151. The molecule has 2 rings (SSSR count). The Labute approximate surface area is 76.1 Å². The van der Waals surface area contributed by atoms with Gasteiger partial charge in [0.2, 0.25) is 5.91 Å². The van der Waals surface area contributed by atoms with Gasteiger partial charge < -0.3 is 10.6 Å². The van der Waals surface area contributed by atoms with Crippen LogP contribution in [0.4, 0.5) is 5.69 Å². The molecule has 2 heterocycles. The van der Waals surface area contributed by atoms with E-state index in [-0.39, 0.29) is 11.9 Å². The molecule has 13 heavy (non-hydrogen) atoms. The fraction of sp³-hybridized carbons (Fsp3) is 0.500. The summed E-state index contributed by atoms with van der Waals surface area (Å²) in [5.41, 5.74) is 6.12. The van der Waals surface area contributed by atoms with Gasteiger partial charge in [-0.3, -0.25) is 9.48 Å². The standard InChI is InChI=1S/C8H12N4O/c1-11-3-2-7(8(11)13)12-5-6(9)4-10-12/h4-5,7H,2-3,9H2,1H3. The Morgan fingerprint density at radius 2 is 2.46 bits per heavy atom. The molecule has 5 nitrogen and oxygen atoms in total. The van der Waals surface area contributed by atoms with Crippen molar-refractivity contribution < 1.29 is 4.79 Å². The number of anilines is 1. The highest BCUT2D eigenvalue weighted by Crippen LogP contribution is 2.21. The van der Waals surface area contributed by atoms with Crippen molar-refractivity contribution in [3.8, 4) is 0 Å². The van der Waals surface area contributed by atoms with Gasteiger partial charge in [-0.15, -0.1) is 0 Å². The number of carbonyl (C=O) groups is 1. The van der Waals surface area contributed by atoms with Crippen LogP contribution in [0.25, 0.3) is 0 Å². The van der Waals surface area contributed by atoms with Crippen molar-refractivity contribution in [2.45, 2.75) is 12.5 Å². The topological polar surface area (TPSA) is 64.2 Å². The summed E-state index contributed by atoms with van der Waals surface area (Å²) in [5.74, 6) is 0.114. The van der Waals surface area contributed by atoms with Crippen LogP contribution in [0.1, 0.15) is 12.5 Å². The third-order valence-electron chi connectivity index (χ3n) is 2.34. The first kappa shape index (κ1) is 8.10. The normalized spacial score (nSPS) is 22.7. The number of nitrogens with zero attached hydrogens (tertiary/aromatic N) is 3. The maximum atomic E-state index is 11.5. The Morgan fingerprint density at radius 3 is 2.92 bits per heavy atom. The third kappa shape index (κ3) is 1.26. The minimum absolute atomic E-state index is 0.114. The first-order chi connectivity index (χ1) is 6.18. The van der Waals surface area contributed by atoms with Gasteiger partial charge in [0, 0.05) is 19.8 Å². The zero-order valence-corrected chi connectivity index (χ0v) is 7.47. The molecule has 1 fully saturated rings. The molecule has 0 saturated carbocycles. The molecule has 1 atom stereocenters. The predicted octanol–water partition coefficient (Wildman–Crippen LogP) is -0.132. The average molecular weight is 180 g/mol. The summed E-state index contributed by atoms with van der Waals surface area (Å²) in [6.45, 7) is 0.795. The summed E-state index contributed by atoms with van der Waals surface area (Å²) >= 11 is 0. The monoisotopic (exact) mass is 180 g/mol. The molecule has 0 aliphatic carbocycles. The van der Waals surface area contributed by atoms with Crippen LogP contribution in [-0.2, 0) is 4.79 Å². The van der Waals surface area contributed by atoms with Gasteiger partial charge in [0.05, 0.1) is 11.9 Å². The van der Waals surface area contributed by atoms with Crippen molar-refractivity contribution >= 4 is 11.6 Å². The van der Waals surface area contributed by atoms with Crippen molar-refractivity contribution in [2.75, 3.05) is 19.3 Å². The van der Waals surface area contributed by atoms with E-state index in [1.54, 1.807) is 29.0 Å². The van der Waals surface area contributed by atoms with Crippen LogP contribution in [0, 0.1) is 0 Å². The van der Waals surface area contributed by atoms with Crippen LogP contribution in [0.15, 0.2) is 12.4 Å². The zero-order chi connectivity index (χ0) is 9.42. The number of hydrogen-bond acceptors (Lipinski definition) is 3. The fourth-order valence-electron chi connectivity index (χ4n) is 1.57. The first-order valence-corrected chi connectivity index (χ1v) is 4.23. The number of nitrogen functional groups attached to an aromatic ring is 1. The molecule has 1 aromatic rings. The van der Waals surface area contributed by atoms with E-state index >= 15 is 0 Å². The van der Waals surface area contributed by atoms with E-state index in [4.69, 9.17) is 5.73 Å². The second-order valence-corrected chi connectivity index (χ2v) is 3.32. The van der Waals surface area contributed by atoms with Gasteiger partial charge in [-0.2, -0.15) is 5.10 Å². The zero-order valence-electron chi connectivity index (χ0n) is 7.47. The van der Waals surface area contributed by atoms with Crippen molar-refractivity contribution in [1.29, 1.82) is 0 Å². The Bertz CT molecular complexity index is 333. The molecule has 1 aliphatic rings. The van der Waals surface area contributed by atoms with E-state index in [2.05, 4.69) is 5.10 Å². The van der Waals surface area contributed by atoms with Crippen LogP contribution in [-0.4, -0.2) is 34.2 Å². The molecular weight excluding hydrogens is 168 g/mol. The molecule has 2 N–H and O–H groups in total. The number of amides is 1. The fourth-order valence-corrected chi connectivity index (χ4v) is 1.57. The smallest absolute Gasteiger partial charge is 0.247 e. The molecular formula is C8H12N4O. The highest BCUT2D eigenvalue weighted by Gasteiger charge is 2.30. The van der Waals surface area contributed by atoms with Crippen LogP contribution in [0.2, 0.25) is 0 Å². The quantitative estimate of drug-likeness (QED) is 0.654. The van der Waals surface area contributed by atoms with Crippen molar-refractivity contribution in [3.05, 3.63) is 12.4 Å². The number of likely N-dealkylation sites (N-methyl/N-ethyl adjacent to an activating group) is 1. The van der Waals surface area contributed by atoms with Crippen LogP contribution < -0.4 is 5.73 Å². The second kappa shape index (κ2) is 2.76. The van der Waals surface area contributed by atoms with Crippen LogP contribution in [0.3, 0.4) is 0 Å². The highest BCUT2D eigenvalue weighted by atomic mass is 16.2. The molecule has 5 heteroatoms. The van der Waals surface area contributed by atoms with Gasteiger partial charge in [-0.05, 0) is 6.42 Å². The van der Waals surface area contributed by atoms with Gasteiger partial charge >= 0.3 is 0 Å². The summed E-state index contributed by atoms with van der Waals surface area (Å²) in [7, 11) is 1.80. The van der Waals surface area contributed by atoms with Gasteiger partial charge in [0.15, 0.2) is 0 Å². The maximum absolute atomic E-state index is 11.5. The average Bonchev–Trinajstić information content (AvgIpc) is 2.62. The predicted molar refractivity (Wildman–Crippen MR) is 47.9 cm³/mol. The number of aromatic nitrogens is 2. The Morgan fingerprint density at radius 1 is 1.69 bits per heavy atom. The van der Waals surface area contributed by atoms with Gasteiger partial charge in [-0.1, -0.05) is 0 Å². The van der Waals surface area contributed by atoms with E-state index in [9.17, 15) is 4.79 Å². The van der Waals surface area contributed by atoms with Gasteiger partial charge in [0.1, 0.15) is 6.04 Å². The summed E-state index contributed by atoms with van der Waals surface area (Å²) in [4.78, 5) is 13.3. The van der Waals surface area contributed by atoms with Gasteiger partial charge in [-0.25, -0.2) is 0 Å².